The maximum Gasteiger partial charge on any atom is 0.276 e. The van der Waals surface area contributed by atoms with Gasteiger partial charge in [0.25, 0.3) is 5.91 Å². The summed E-state index contributed by atoms with van der Waals surface area (Å²) in [6, 6.07) is 7.33. The van der Waals surface area contributed by atoms with Crippen LogP contribution in [-0.2, 0) is 10.8 Å². The zero-order valence-electron chi connectivity index (χ0n) is 12.9. The first-order chi connectivity index (χ1) is 10.9. The molecule has 122 valence electrons. The number of hydrogen-bond donors (Lipinski definition) is 0. The fourth-order valence-electron chi connectivity index (χ4n) is 2.54. The van der Waals surface area contributed by atoms with Gasteiger partial charge in [-0.05, 0) is 38.1 Å². The lowest BCUT2D eigenvalue weighted by atomic mass is 10.1. The summed E-state index contributed by atoms with van der Waals surface area (Å²) in [6.45, 7) is 4.62. The Morgan fingerprint density at radius 3 is 2.70 bits per heavy atom. The zero-order valence-corrected chi connectivity index (χ0v) is 13.7. The van der Waals surface area contributed by atoms with Gasteiger partial charge in [0.1, 0.15) is 5.82 Å². The Bertz CT molecular complexity index is 755. The molecule has 1 saturated heterocycles. The lowest BCUT2D eigenvalue weighted by Crippen LogP contribution is -2.52. The predicted molar refractivity (Wildman–Crippen MR) is 84.9 cm³/mol. The summed E-state index contributed by atoms with van der Waals surface area (Å²) in [5, 5.41) is 3.82. The Morgan fingerprint density at radius 2 is 2.04 bits per heavy atom. The number of nitrogens with zero attached hydrogens (tertiary/aromatic N) is 2. The highest BCUT2D eigenvalue weighted by atomic mass is 32.2. The predicted octanol–water partition coefficient (Wildman–Crippen LogP) is 2.46. The summed E-state index contributed by atoms with van der Waals surface area (Å²) in [4.78, 5) is 14.2. The van der Waals surface area contributed by atoms with Gasteiger partial charge in [-0.2, -0.15) is 0 Å². The number of amides is 1. The summed E-state index contributed by atoms with van der Waals surface area (Å²) in [7, 11) is -0.944. The van der Waals surface area contributed by atoms with Crippen LogP contribution >= 0.6 is 0 Å². The summed E-state index contributed by atoms with van der Waals surface area (Å²) in [5.74, 6) is 0.287. The Kier molecular flexibility index (Phi) is 4.06. The minimum atomic E-state index is -0.944. The quantitative estimate of drug-likeness (QED) is 0.845. The molecule has 0 spiro atoms. The molecule has 0 N–H and O–H groups in total. The van der Waals surface area contributed by atoms with Crippen LogP contribution in [0.2, 0.25) is 0 Å². The normalized spacial score (nSPS) is 20.5. The van der Waals surface area contributed by atoms with Gasteiger partial charge in [-0.15, -0.1) is 0 Å². The van der Waals surface area contributed by atoms with E-state index in [0.29, 0.717) is 30.2 Å². The SMILES string of the molecule is CC1(C)CN(C(=O)c2cc(-c3ccc(F)cc3)on2)CC[S@]1=O. The minimum absolute atomic E-state index is 0.202. The second-order valence-corrected chi connectivity index (χ2v) is 8.32. The number of rotatable bonds is 2. The smallest absolute Gasteiger partial charge is 0.276 e. The Labute approximate surface area is 135 Å². The van der Waals surface area contributed by atoms with Gasteiger partial charge in [0.2, 0.25) is 0 Å². The van der Waals surface area contributed by atoms with Gasteiger partial charge in [0, 0.05) is 41.3 Å². The topological polar surface area (TPSA) is 63.4 Å². The van der Waals surface area contributed by atoms with Crippen LogP contribution in [0, 0.1) is 5.82 Å². The van der Waals surface area contributed by atoms with Crippen molar-refractivity contribution >= 4 is 16.7 Å². The fraction of sp³-hybridized carbons (Fsp3) is 0.375. The molecule has 0 radical (unpaired) electrons. The number of aromatic nitrogens is 1. The van der Waals surface area contributed by atoms with Crippen LogP contribution in [-0.4, -0.2) is 43.8 Å². The van der Waals surface area contributed by atoms with E-state index < -0.39 is 15.5 Å². The van der Waals surface area contributed by atoms with Crippen LogP contribution in [0.5, 0.6) is 0 Å². The Morgan fingerprint density at radius 1 is 1.35 bits per heavy atom. The summed E-state index contributed by atoms with van der Waals surface area (Å²) < 4.78 is 29.7. The molecule has 0 bridgehead atoms. The third kappa shape index (κ3) is 3.19. The molecule has 0 aliphatic carbocycles. The van der Waals surface area contributed by atoms with Gasteiger partial charge in [0.15, 0.2) is 11.5 Å². The van der Waals surface area contributed by atoms with Crippen LogP contribution in [0.1, 0.15) is 24.3 Å². The van der Waals surface area contributed by atoms with E-state index in [4.69, 9.17) is 4.52 Å². The number of hydrogen-bond acceptors (Lipinski definition) is 4. The van der Waals surface area contributed by atoms with Crippen LogP contribution in [0.4, 0.5) is 4.39 Å². The number of halogens is 1. The lowest BCUT2D eigenvalue weighted by molar-refractivity contribution is 0.0735. The molecule has 1 amide bonds. The molecule has 23 heavy (non-hydrogen) atoms. The molecule has 2 heterocycles. The summed E-state index contributed by atoms with van der Waals surface area (Å²) in [6.07, 6.45) is 0. The van der Waals surface area contributed by atoms with Crippen LogP contribution in [0.15, 0.2) is 34.9 Å². The van der Waals surface area contributed by atoms with Crippen LogP contribution in [0.3, 0.4) is 0 Å². The van der Waals surface area contributed by atoms with Gasteiger partial charge in [-0.25, -0.2) is 4.39 Å². The third-order valence-electron chi connectivity index (χ3n) is 3.88. The molecule has 0 unspecified atom stereocenters. The highest BCUT2D eigenvalue weighted by Crippen LogP contribution is 2.24. The van der Waals surface area contributed by atoms with E-state index in [0.717, 1.165) is 0 Å². The van der Waals surface area contributed by atoms with Crippen molar-refractivity contribution in [2.24, 2.45) is 0 Å². The monoisotopic (exact) mass is 336 g/mol. The summed E-state index contributed by atoms with van der Waals surface area (Å²) in [5.41, 5.74) is 0.853. The highest BCUT2D eigenvalue weighted by molar-refractivity contribution is 7.86. The van der Waals surface area contributed by atoms with E-state index in [1.165, 1.54) is 12.1 Å². The van der Waals surface area contributed by atoms with Crippen LogP contribution < -0.4 is 0 Å². The van der Waals surface area contributed by atoms with E-state index in [1.807, 2.05) is 13.8 Å². The molecule has 1 aliphatic heterocycles. The average Bonchev–Trinajstić information content (AvgIpc) is 3.00. The fourth-order valence-corrected chi connectivity index (χ4v) is 3.78. The maximum atomic E-state index is 13.0. The molecule has 1 fully saturated rings. The van der Waals surface area contributed by atoms with E-state index in [9.17, 15) is 13.4 Å². The van der Waals surface area contributed by atoms with Crippen molar-refractivity contribution in [2.45, 2.75) is 18.6 Å². The van der Waals surface area contributed by atoms with Crippen molar-refractivity contribution < 1.29 is 17.9 Å². The molecular formula is C16H17FN2O3S. The van der Waals surface area contributed by atoms with Crippen molar-refractivity contribution in [2.75, 3.05) is 18.8 Å². The largest absolute Gasteiger partial charge is 0.355 e. The average molecular weight is 336 g/mol. The van der Waals surface area contributed by atoms with Gasteiger partial charge in [-0.1, -0.05) is 5.16 Å². The number of carbonyl (C=O) groups excluding carboxylic acids is 1. The van der Waals surface area contributed by atoms with Gasteiger partial charge in [-0.3, -0.25) is 9.00 Å². The first kappa shape index (κ1) is 15.9. The molecule has 3 rings (SSSR count). The minimum Gasteiger partial charge on any atom is -0.355 e. The standard InChI is InChI=1S/C16H17FN2O3S/c1-16(2)10-19(7-8-23(16)21)15(20)13-9-14(22-18-13)11-3-5-12(17)6-4-11/h3-6,9H,7-8,10H2,1-2H3/t23-/m1/s1. The van der Waals surface area contributed by atoms with E-state index in [-0.39, 0.29) is 17.4 Å². The Balaban J connectivity index is 1.79. The van der Waals surface area contributed by atoms with Crippen molar-refractivity contribution in [1.29, 1.82) is 0 Å². The number of carbonyl (C=O) groups is 1. The molecule has 1 aliphatic rings. The molecule has 1 atom stereocenters. The van der Waals surface area contributed by atoms with E-state index >= 15 is 0 Å². The zero-order chi connectivity index (χ0) is 16.6. The molecule has 1 aromatic carbocycles. The second kappa shape index (κ2) is 5.88. The van der Waals surface area contributed by atoms with Crippen molar-refractivity contribution in [3.8, 4) is 11.3 Å². The van der Waals surface area contributed by atoms with Gasteiger partial charge in [0.05, 0.1) is 4.75 Å². The first-order valence-electron chi connectivity index (χ1n) is 7.27. The molecule has 1 aromatic heterocycles. The van der Waals surface area contributed by atoms with E-state index in [1.54, 1.807) is 23.1 Å². The molecule has 5 nitrogen and oxygen atoms in total. The third-order valence-corrected chi connectivity index (χ3v) is 5.79. The van der Waals surface area contributed by atoms with Crippen LogP contribution in [0.25, 0.3) is 11.3 Å². The van der Waals surface area contributed by atoms with Gasteiger partial charge < -0.3 is 9.42 Å². The van der Waals surface area contributed by atoms with Crippen molar-refractivity contribution in [3.63, 3.8) is 0 Å². The molecular weight excluding hydrogens is 319 g/mol. The van der Waals surface area contributed by atoms with E-state index in [2.05, 4.69) is 5.16 Å². The first-order valence-corrected chi connectivity index (χ1v) is 8.59. The lowest BCUT2D eigenvalue weighted by Gasteiger charge is -2.36. The Hall–Kier alpha value is -2.02. The molecule has 2 aromatic rings. The maximum absolute atomic E-state index is 13.0. The van der Waals surface area contributed by atoms with Gasteiger partial charge >= 0.3 is 0 Å². The molecule has 0 saturated carbocycles. The van der Waals surface area contributed by atoms with Crippen molar-refractivity contribution in [1.82, 2.24) is 10.1 Å². The summed E-state index contributed by atoms with van der Waals surface area (Å²) >= 11 is 0. The molecule has 7 heteroatoms. The highest BCUT2D eigenvalue weighted by Gasteiger charge is 2.36. The van der Waals surface area contributed by atoms with Crippen molar-refractivity contribution in [3.05, 3.63) is 41.8 Å². The second-order valence-electron chi connectivity index (χ2n) is 6.12. The number of benzene rings is 1.